The zero-order valence-corrected chi connectivity index (χ0v) is 13.0. The highest BCUT2D eigenvalue weighted by atomic mass is 15.1. The maximum absolute atomic E-state index is 3.83. The van der Waals surface area contributed by atoms with Crippen molar-refractivity contribution in [3.8, 4) is 0 Å². The summed E-state index contributed by atoms with van der Waals surface area (Å²) in [6, 6.07) is 0. The molecule has 112 valence electrons. The van der Waals surface area contributed by atoms with Crippen molar-refractivity contribution in [1.82, 2.24) is 4.90 Å². The zero-order chi connectivity index (χ0) is 14.9. The molecule has 0 atom stereocenters. The largest absolute Gasteiger partial charge is 0.292 e. The summed E-state index contributed by atoms with van der Waals surface area (Å²) in [5.41, 5.74) is 0. The number of hydrogen-bond donors (Lipinski definition) is 0. The maximum Gasteiger partial charge on any atom is 0.0169 e. The lowest BCUT2D eigenvalue weighted by molar-refractivity contribution is 0.372. The van der Waals surface area contributed by atoms with Gasteiger partial charge in [-0.3, -0.25) is 4.90 Å². The summed E-state index contributed by atoms with van der Waals surface area (Å²) in [4.78, 5) is 2.38. The van der Waals surface area contributed by atoms with Crippen LogP contribution in [-0.4, -0.2) is 24.5 Å². The van der Waals surface area contributed by atoms with Gasteiger partial charge in [0.25, 0.3) is 0 Å². The predicted molar refractivity (Wildman–Crippen MR) is 93.0 cm³/mol. The second kappa shape index (κ2) is 15.7. The van der Waals surface area contributed by atoms with Crippen LogP contribution in [0.4, 0.5) is 0 Å². The molecule has 20 heavy (non-hydrogen) atoms. The third kappa shape index (κ3) is 13.1. The molecule has 0 aliphatic heterocycles. The molecule has 0 rings (SSSR count). The van der Waals surface area contributed by atoms with Crippen LogP contribution in [-0.2, 0) is 0 Å². The van der Waals surface area contributed by atoms with Crippen LogP contribution in [0.15, 0.2) is 62.3 Å². The normalized spacial score (nSPS) is 11.4. The first-order chi connectivity index (χ1) is 9.85. The van der Waals surface area contributed by atoms with Crippen molar-refractivity contribution in [2.24, 2.45) is 0 Å². The van der Waals surface area contributed by atoms with Crippen molar-refractivity contribution in [2.75, 3.05) is 19.6 Å². The van der Waals surface area contributed by atoms with Crippen LogP contribution in [0, 0.1) is 0 Å². The van der Waals surface area contributed by atoms with Crippen LogP contribution >= 0.6 is 0 Å². The summed E-state index contributed by atoms with van der Waals surface area (Å²) in [5, 5.41) is 0. The van der Waals surface area contributed by atoms with Gasteiger partial charge in [0.1, 0.15) is 0 Å². The van der Waals surface area contributed by atoms with Crippen LogP contribution in [0.1, 0.15) is 38.5 Å². The zero-order valence-electron chi connectivity index (χ0n) is 13.0. The first-order valence-electron chi connectivity index (χ1n) is 7.70. The van der Waals surface area contributed by atoms with E-state index < -0.39 is 0 Å². The minimum Gasteiger partial charge on any atom is -0.292 e. The summed E-state index contributed by atoms with van der Waals surface area (Å²) in [6.45, 7) is 14.2. The summed E-state index contributed by atoms with van der Waals surface area (Å²) >= 11 is 0. The van der Waals surface area contributed by atoms with E-state index in [1.165, 1.54) is 12.8 Å². The second-order valence-corrected chi connectivity index (χ2v) is 4.89. The molecule has 0 saturated heterocycles. The highest BCUT2D eigenvalue weighted by Crippen LogP contribution is 2.00. The van der Waals surface area contributed by atoms with Crippen LogP contribution in [0.5, 0.6) is 0 Å². The molecule has 0 heterocycles. The van der Waals surface area contributed by atoms with Crippen LogP contribution < -0.4 is 0 Å². The third-order valence-electron chi connectivity index (χ3n) is 3.01. The van der Waals surface area contributed by atoms with Gasteiger partial charge in [-0.2, -0.15) is 0 Å². The average molecular weight is 273 g/mol. The van der Waals surface area contributed by atoms with E-state index in [0.29, 0.717) is 0 Å². The SMILES string of the molecule is C=CCCCC=CCN(CC=C)CC=CCCCC=C. The second-order valence-electron chi connectivity index (χ2n) is 4.89. The number of rotatable bonds is 14. The molecule has 0 aliphatic carbocycles. The van der Waals surface area contributed by atoms with Crippen molar-refractivity contribution in [3.05, 3.63) is 62.3 Å². The van der Waals surface area contributed by atoms with Gasteiger partial charge in [0.05, 0.1) is 0 Å². The van der Waals surface area contributed by atoms with Crippen molar-refractivity contribution < 1.29 is 0 Å². The lowest BCUT2D eigenvalue weighted by Crippen LogP contribution is -2.23. The van der Waals surface area contributed by atoms with Gasteiger partial charge >= 0.3 is 0 Å². The molecule has 0 bridgehead atoms. The standard InChI is InChI=1S/C19H31N/c1-4-7-9-11-13-15-18-20(17-6-3)19-16-14-12-10-8-5-2/h4-6,13-16H,1-3,7-12,17-19H2. The topological polar surface area (TPSA) is 3.24 Å². The minimum atomic E-state index is 0.938. The average Bonchev–Trinajstić information content (AvgIpc) is 2.46. The van der Waals surface area contributed by atoms with Gasteiger partial charge in [-0.05, 0) is 38.5 Å². The van der Waals surface area contributed by atoms with Gasteiger partial charge in [-0.1, -0.05) is 42.5 Å². The molecule has 0 aromatic carbocycles. The number of unbranched alkanes of at least 4 members (excludes halogenated alkanes) is 4. The Morgan fingerprint density at radius 1 is 0.550 bits per heavy atom. The van der Waals surface area contributed by atoms with Gasteiger partial charge in [-0.15, -0.1) is 19.7 Å². The highest BCUT2D eigenvalue weighted by Gasteiger charge is 1.96. The lowest BCUT2D eigenvalue weighted by Gasteiger charge is -2.16. The van der Waals surface area contributed by atoms with Gasteiger partial charge in [0.15, 0.2) is 0 Å². The molecule has 0 aliphatic rings. The molecule has 1 nitrogen and oxygen atoms in total. The lowest BCUT2D eigenvalue weighted by atomic mass is 10.2. The van der Waals surface area contributed by atoms with E-state index in [2.05, 4.69) is 48.9 Å². The van der Waals surface area contributed by atoms with Crippen molar-refractivity contribution in [2.45, 2.75) is 38.5 Å². The Kier molecular flexibility index (Phi) is 14.7. The van der Waals surface area contributed by atoms with E-state index in [9.17, 15) is 0 Å². The van der Waals surface area contributed by atoms with E-state index in [4.69, 9.17) is 0 Å². The summed E-state index contributed by atoms with van der Waals surface area (Å²) in [7, 11) is 0. The summed E-state index contributed by atoms with van der Waals surface area (Å²) in [6.07, 6.45) is 21.9. The first kappa shape index (κ1) is 18.7. The Bertz CT molecular complexity index is 273. The Morgan fingerprint density at radius 3 is 1.45 bits per heavy atom. The monoisotopic (exact) mass is 273 g/mol. The molecule has 0 saturated carbocycles. The number of hydrogen-bond acceptors (Lipinski definition) is 1. The smallest absolute Gasteiger partial charge is 0.0169 e. The Morgan fingerprint density at radius 2 is 1.05 bits per heavy atom. The van der Waals surface area contributed by atoms with Crippen LogP contribution in [0.25, 0.3) is 0 Å². The molecule has 0 unspecified atom stereocenters. The quantitative estimate of drug-likeness (QED) is 0.307. The summed E-state index contributed by atoms with van der Waals surface area (Å²) < 4.78 is 0. The first-order valence-corrected chi connectivity index (χ1v) is 7.70. The molecular formula is C19H31N. The summed E-state index contributed by atoms with van der Waals surface area (Å²) in [5.74, 6) is 0. The number of nitrogens with zero attached hydrogens (tertiary/aromatic N) is 1. The minimum absolute atomic E-state index is 0.938. The van der Waals surface area contributed by atoms with E-state index in [1.807, 2.05) is 18.2 Å². The van der Waals surface area contributed by atoms with Gasteiger partial charge in [0, 0.05) is 19.6 Å². The molecular weight excluding hydrogens is 242 g/mol. The molecule has 0 radical (unpaired) electrons. The fraction of sp³-hybridized carbons (Fsp3) is 0.474. The molecule has 0 aromatic rings. The van der Waals surface area contributed by atoms with Gasteiger partial charge < -0.3 is 0 Å². The number of allylic oxidation sites excluding steroid dienone is 4. The van der Waals surface area contributed by atoms with E-state index in [0.717, 1.165) is 45.3 Å². The third-order valence-corrected chi connectivity index (χ3v) is 3.01. The Balaban J connectivity index is 3.81. The van der Waals surface area contributed by atoms with E-state index >= 15 is 0 Å². The fourth-order valence-electron chi connectivity index (χ4n) is 1.85. The Labute approximate surface area is 126 Å². The molecule has 0 fully saturated rings. The molecule has 1 heteroatoms. The van der Waals surface area contributed by atoms with E-state index in [-0.39, 0.29) is 0 Å². The van der Waals surface area contributed by atoms with Gasteiger partial charge in [0.2, 0.25) is 0 Å². The van der Waals surface area contributed by atoms with Crippen molar-refractivity contribution in [1.29, 1.82) is 0 Å². The highest BCUT2D eigenvalue weighted by molar-refractivity contribution is 4.92. The van der Waals surface area contributed by atoms with E-state index in [1.54, 1.807) is 0 Å². The van der Waals surface area contributed by atoms with Crippen molar-refractivity contribution in [3.63, 3.8) is 0 Å². The maximum atomic E-state index is 3.83. The molecule has 0 aromatic heterocycles. The fourth-order valence-corrected chi connectivity index (χ4v) is 1.85. The van der Waals surface area contributed by atoms with Crippen LogP contribution in [0.2, 0.25) is 0 Å². The Hall–Kier alpha value is -1.34. The molecule has 0 N–H and O–H groups in total. The van der Waals surface area contributed by atoms with Crippen molar-refractivity contribution >= 4 is 0 Å². The molecule has 0 amide bonds. The predicted octanol–water partition coefficient (Wildman–Crippen LogP) is 5.30. The molecule has 0 spiro atoms. The van der Waals surface area contributed by atoms with Crippen LogP contribution in [0.3, 0.4) is 0 Å². The van der Waals surface area contributed by atoms with Gasteiger partial charge in [-0.25, -0.2) is 0 Å².